The van der Waals surface area contributed by atoms with Crippen LogP contribution in [0.15, 0.2) is 48.8 Å². The molecule has 0 saturated carbocycles. The molecule has 1 N–H and O–H groups in total. The van der Waals surface area contributed by atoms with E-state index in [0.717, 1.165) is 21.7 Å². The summed E-state index contributed by atoms with van der Waals surface area (Å²) in [5, 5.41) is 2.75. The number of rotatable bonds is 6. The molecule has 0 radical (unpaired) electrons. The number of sulfonamides is 1. The van der Waals surface area contributed by atoms with Gasteiger partial charge in [0.05, 0.1) is 12.8 Å². The maximum atomic E-state index is 12.3. The molecular formula is C19H25N3O3S. The van der Waals surface area contributed by atoms with Gasteiger partial charge in [-0.15, -0.1) is 0 Å². The Morgan fingerprint density at radius 1 is 1.08 bits per heavy atom. The van der Waals surface area contributed by atoms with Crippen LogP contribution < -0.4 is 5.32 Å². The first-order valence-corrected chi connectivity index (χ1v) is 10.1. The first-order valence-electron chi connectivity index (χ1n) is 8.30. The Labute approximate surface area is 155 Å². The van der Waals surface area contributed by atoms with Crippen molar-refractivity contribution in [2.75, 3.05) is 18.1 Å². The molecule has 0 saturated heterocycles. The SMILES string of the molecule is CC(C)(C)c1ccc(NC(=O)CN(Cc2ccncc2)S(C)(=O)=O)cc1. The molecule has 0 spiro atoms. The van der Waals surface area contributed by atoms with Crippen molar-refractivity contribution in [1.82, 2.24) is 9.29 Å². The van der Waals surface area contributed by atoms with E-state index >= 15 is 0 Å². The lowest BCUT2D eigenvalue weighted by Gasteiger charge is -2.20. The van der Waals surface area contributed by atoms with E-state index in [1.54, 1.807) is 24.5 Å². The van der Waals surface area contributed by atoms with E-state index in [0.29, 0.717) is 5.69 Å². The second-order valence-electron chi connectivity index (χ2n) is 7.26. The number of carbonyl (C=O) groups is 1. The van der Waals surface area contributed by atoms with E-state index in [2.05, 4.69) is 31.1 Å². The van der Waals surface area contributed by atoms with Crippen LogP contribution in [-0.2, 0) is 26.8 Å². The Morgan fingerprint density at radius 2 is 1.65 bits per heavy atom. The summed E-state index contributed by atoms with van der Waals surface area (Å²) in [5.74, 6) is -0.381. The lowest BCUT2D eigenvalue weighted by molar-refractivity contribution is -0.116. The van der Waals surface area contributed by atoms with E-state index in [1.165, 1.54) is 0 Å². The molecule has 1 amide bonds. The van der Waals surface area contributed by atoms with Crippen molar-refractivity contribution in [3.8, 4) is 0 Å². The first kappa shape index (κ1) is 20.1. The summed E-state index contributed by atoms with van der Waals surface area (Å²) in [6.45, 7) is 6.22. The van der Waals surface area contributed by atoms with Crippen LogP contribution in [0.25, 0.3) is 0 Å². The second-order valence-corrected chi connectivity index (χ2v) is 9.24. The van der Waals surface area contributed by atoms with Crippen molar-refractivity contribution in [2.24, 2.45) is 0 Å². The number of hydrogen-bond donors (Lipinski definition) is 1. The summed E-state index contributed by atoms with van der Waals surface area (Å²) < 4.78 is 25.2. The molecule has 1 aromatic carbocycles. The minimum Gasteiger partial charge on any atom is -0.325 e. The third-order valence-corrected chi connectivity index (χ3v) is 5.13. The summed E-state index contributed by atoms with van der Waals surface area (Å²) in [7, 11) is -3.52. The molecule has 0 aliphatic carbocycles. The minimum atomic E-state index is -3.52. The molecule has 2 rings (SSSR count). The van der Waals surface area contributed by atoms with Crippen molar-refractivity contribution >= 4 is 21.6 Å². The van der Waals surface area contributed by atoms with E-state index in [1.807, 2.05) is 24.3 Å². The van der Waals surface area contributed by atoms with Gasteiger partial charge in [0.25, 0.3) is 0 Å². The average Bonchev–Trinajstić information content (AvgIpc) is 2.54. The van der Waals surface area contributed by atoms with Gasteiger partial charge in [-0.2, -0.15) is 4.31 Å². The molecule has 140 valence electrons. The number of pyridine rings is 1. The molecule has 2 aromatic rings. The van der Waals surface area contributed by atoms with Gasteiger partial charge in [0, 0.05) is 24.6 Å². The third kappa shape index (κ3) is 5.93. The monoisotopic (exact) mass is 375 g/mol. The lowest BCUT2D eigenvalue weighted by Crippen LogP contribution is -2.36. The Hall–Kier alpha value is -2.25. The van der Waals surface area contributed by atoms with Crippen molar-refractivity contribution in [2.45, 2.75) is 32.7 Å². The highest BCUT2D eigenvalue weighted by molar-refractivity contribution is 7.88. The summed E-state index contributed by atoms with van der Waals surface area (Å²) >= 11 is 0. The predicted molar refractivity (Wildman–Crippen MR) is 103 cm³/mol. The van der Waals surface area contributed by atoms with Gasteiger partial charge in [0.15, 0.2) is 0 Å². The van der Waals surface area contributed by atoms with Gasteiger partial charge in [-0.05, 0) is 40.8 Å². The topological polar surface area (TPSA) is 79.4 Å². The fourth-order valence-electron chi connectivity index (χ4n) is 2.40. The van der Waals surface area contributed by atoms with Crippen LogP contribution in [0.5, 0.6) is 0 Å². The van der Waals surface area contributed by atoms with Gasteiger partial charge in [-0.3, -0.25) is 9.78 Å². The molecule has 0 aliphatic rings. The quantitative estimate of drug-likeness (QED) is 0.842. The molecular weight excluding hydrogens is 350 g/mol. The Balaban J connectivity index is 2.05. The highest BCUT2D eigenvalue weighted by atomic mass is 32.2. The normalized spacial score (nSPS) is 12.2. The number of amides is 1. The van der Waals surface area contributed by atoms with Gasteiger partial charge in [-0.1, -0.05) is 32.9 Å². The molecule has 0 unspecified atom stereocenters. The smallest absolute Gasteiger partial charge is 0.239 e. The number of aromatic nitrogens is 1. The maximum Gasteiger partial charge on any atom is 0.239 e. The Bertz CT molecular complexity index is 842. The maximum absolute atomic E-state index is 12.3. The average molecular weight is 375 g/mol. The summed E-state index contributed by atoms with van der Waals surface area (Å²) in [5.41, 5.74) is 2.60. The van der Waals surface area contributed by atoms with Crippen molar-refractivity contribution < 1.29 is 13.2 Å². The summed E-state index contributed by atoms with van der Waals surface area (Å²) in [4.78, 5) is 16.2. The second kappa shape index (κ2) is 7.97. The van der Waals surface area contributed by atoms with Crippen LogP contribution in [0.4, 0.5) is 5.69 Å². The summed E-state index contributed by atoms with van der Waals surface area (Å²) in [6.07, 6.45) is 4.28. The lowest BCUT2D eigenvalue weighted by atomic mass is 9.87. The number of carbonyl (C=O) groups excluding carboxylic acids is 1. The van der Waals surface area contributed by atoms with Crippen LogP contribution in [0, 0.1) is 0 Å². The van der Waals surface area contributed by atoms with Crippen LogP contribution in [0.2, 0.25) is 0 Å². The zero-order valence-electron chi connectivity index (χ0n) is 15.6. The number of nitrogens with zero attached hydrogens (tertiary/aromatic N) is 2. The fourth-order valence-corrected chi connectivity index (χ4v) is 3.13. The molecule has 26 heavy (non-hydrogen) atoms. The molecule has 7 heteroatoms. The van der Waals surface area contributed by atoms with E-state index in [-0.39, 0.29) is 24.4 Å². The number of anilines is 1. The minimum absolute atomic E-state index is 0.0279. The molecule has 0 aliphatic heterocycles. The van der Waals surface area contributed by atoms with Crippen LogP contribution >= 0.6 is 0 Å². The predicted octanol–water partition coefficient (Wildman–Crippen LogP) is 2.78. The van der Waals surface area contributed by atoms with Crippen molar-refractivity contribution in [3.63, 3.8) is 0 Å². The van der Waals surface area contributed by atoms with Gasteiger partial charge in [0.1, 0.15) is 0 Å². The molecule has 1 aromatic heterocycles. The van der Waals surface area contributed by atoms with Crippen LogP contribution in [0.3, 0.4) is 0 Å². The van der Waals surface area contributed by atoms with Gasteiger partial charge >= 0.3 is 0 Å². The van der Waals surface area contributed by atoms with Gasteiger partial charge in [-0.25, -0.2) is 8.42 Å². The highest BCUT2D eigenvalue weighted by Crippen LogP contribution is 2.23. The van der Waals surface area contributed by atoms with Crippen LogP contribution in [0.1, 0.15) is 31.9 Å². The van der Waals surface area contributed by atoms with E-state index in [4.69, 9.17) is 0 Å². The zero-order chi connectivity index (χ0) is 19.4. The standard InChI is InChI=1S/C19H25N3O3S/c1-19(2,3)16-5-7-17(8-6-16)21-18(23)14-22(26(4,24)25)13-15-9-11-20-12-10-15/h5-12H,13-14H2,1-4H3,(H,21,23). The Kier molecular flexibility index (Phi) is 6.15. The zero-order valence-corrected chi connectivity index (χ0v) is 16.4. The fraction of sp³-hybridized carbons (Fsp3) is 0.368. The van der Waals surface area contributed by atoms with Crippen molar-refractivity contribution in [3.05, 3.63) is 59.9 Å². The molecule has 6 nitrogen and oxygen atoms in total. The first-order chi connectivity index (χ1) is 12.1. The van der Waals surface area contributed by atoms with E-state index in [9.17, 15) is 13.2 Å². The van der Waals surface area contributed by atoms with Crippen LogP contribution in [-0.4, -0.2) is 36.4 Å². The van der Waals surface area contributed by atoms with Gasteiger partial charge in [0.2, 0.25) is 15.9 Å². The van der Waals surface area contributed by atoms with E-state index < -0.39 is 10.0 Å². The number of hydrogen-bond acceptors (Lipinski definition) is 4. The largest absolute Gasteiger partial charge is 0.325 e. The third-order valence-electron chi connectivity index (χ3n) is 3.93. The molecule has 1 heterocycles. The molecule has 0 atom stereocenters. The highest BCUT2D eigenvalue weighted by Gasteiger charge is 2.21. The molecule has 0 bridgehead atoms. The summed E-state index contributed by atoms with van der Waals surface area (Å²) in [6, 6.07) is 11.0. The molecule has 0 fully saturated rings. The van der Waals surface area contributed by atoms with Gasteiger partial charge < -0.3 is 5.32 Å². The van der Waals surface area contributed by atoms with Crippen molar-refractivity contribution in [1.29, 1.82) is 0 Å². The number of benzene rings is 1. The Morgan fingerprint density at radius 3 is 2.15 bits per heavy atom. The number of nitrogens with one attached hydrogen (secondary N) is 1.